The van der Waals surface area contributed by atoms with Crippen LogP contribution in [0.4, 0.5) is 0 Å². The van der Waals surface area contributed by atoms with Crippen molar-refractivity contribution in [3.8, 4) is 11.1 Å². The van der Waals surface area contributed by atoms with Crippen LogP contribution in [-0.2, 0) is 9.53 Å². The van der Waals surface area contributed by atoms with Gasteiger partial charge in [-0.15, -0.1) is 0 Å². The lowest BCUT2D eigenvalue weighted by atomic mass is 9.98. The molecule has 126 valence electrons. The van der Waals surface area contributed by atoms with Crippen molar-refractivity contribution in [2.45, 2.75) is 26.3 Å². The molecule has 0 fully saturated rings. The summed E-state index contributed by atoms with van der Waals surface area (Å²) in [6, 6.07) is 16.7. The summed E-state index contributed by atoms with van der Waals surface area (Å²) >= 11 is 0. The van der Waals surface area contributed by atoms with E-state index in [9.17, 15) is 9.59 Å². The minimum Gasteiger partial charge on any atom is -0.467 e. The SMILES string of the molecule is CC[C@@H](C)[C@H](NC(=O)c1ccc(-c2ccccc2)cc1)C(=O)OC. The zero-order valence-electron chi connectivity index (χ0n) is 14.3. The number of benzene rings is 2. The lowest BCUT2D eigenvalue weighted by Gasteiger charge is -2.21. The van der Waals surface area contributed by atoms with Gasteiger partial charge in [-0.1, -0.05) is 62.7 Å². The Balaban J connectivity index is 2.13. The van der Waals surface area contributed by atoms with Gasteiger partial charge in [-0.25, -0.2) is 4.79 Å². The second-order valence-electron chi connectivity index (χ2n) is 5.80. The van der Waals surface area contributed by atoms with Crippen LogP contribution in [0, 0.1) is 5.92 Å². The third-order valence-corrected chi connectivity index (χ3v) is 4.21. The van der Waals surface area contributed by atoms with E-state index in [1.807, 2.05) is 56.3 Å². The largest absolute Gasteiger partial charge is 0.467 e. The number of methoxy groups -OCH3 is 1. The Bertz CT molecular complexity index is 680. The van der Waals surface area contributed by atoms with Gasteiger partial charge in [0.2, 0.25) is 0 Å². The molecule has 0 radical (unpaired) electrons. The normalized spacial score (nSPS) is 13.0. The summed E-state index contributed by atoms with van der Waals surface area (Å²) in [4.78, 5) is 24.3. The minimum atomic E-state index is -0.638. The molecular formula is C20H23NO3. The van der Waals surface area contributed by atoms with Gasteiger partial charge in [-0.05, 0) is 29.2 Å². The molecule has 0 unspecified atom stereocenters. The Kier molecular flexibility index (Phi) is 6.13. The number of carbonyl (C=O) groups excluding carboxylic acids is 2. The molecule has 4 nitrogen and oxygen atoms in total. The number of nitrogens with one attached hydrogen (secondary N) is 1. The molecule has 2 rings (SSSR count). The Morgan fingerprint density at radius 3 is 2.12 bits per heavy atom. The number of rotatable bonds is 6. The van der Waals surface area contributed by atoms with E-state index in [4.69, 9.17) is 4.74 Å². The Hall–Kier alpha value is -2.62. The van der Waals surface area contributed by atoms with E-state index in [1.54, 1.807) is 12.1 Å². The predicted molar refractivity (Wildman–Crippen MR) is 94.6 cm³/mol. The molecule has 0 aromatic heterocycles. The highest BCUT2D eigenvalue weighted by Crippen LogP contribution is 2.19. The molecule has 2 atom stereocenters. The van der Waals surface area contributed by atoms with Crippen molar-refractivity contribution in [2.75, 3.05) is 7.11 Å². The quantitative estimate of drug-likeness (QED) is 0.825. The van der Waals surface area contributed by atoms with Crippen molar-refractivity contribution in [3.63, 3.8) is 0 Å². The van der Waals surface area contributed by atoms with Crippen LogP contribution in [0.25, 0.3) is 11.1 Å². The Labute approximate surface area is 142 Å². The van der Waals surface area contributed by atoms with Crippen molar-refractivity contribution in [1.82, 2.24) is 5.32 Å². The summed E-state index contributed by atoms with van der Waals surface area (Å²) in [7, 11) is 1.33. The van der Waals surface area contributed by atoms with E-state index in [1.165, 1.54) is 7.11 Å². The van der Waals surface area contributed by atoms with Gasteiger partial charge in [0.1, 0.15) is 6.04 Å². The van der Waals surface area contributed by atoms with Crippen LogP contribution in [0.1, 0.15) is 30.6 Å². The highest BCUT2D eigenvalue weighted by Gasteiger charge is 2.26. The molecule has 0 saturated heterocycles. The molecular weight excluding hydrogens is 302 g/mol. The topological polar surface area (TPSA) is 55.4 Å². The third kappa shape index (κ3) is 4.22. The molecule has 0 aliphatic rings. The van der Waals surface area contributed by atoms with Crippen molar-refractivity contribution in [3.05, 3.63) is 60.2 Å². The number of amides is 1. The van der Waals surface area contributed by atoms with E-state index in [-0.39, 0.29) is 11.8 Å². The van der Waals surface area contributed by atoms with Crippen LogP contribution in [0.2, 0.25) is 0 Å². The minimum absolute atomic E-state index is 0.00462. The highest BCUT2D eigenvalue weighted by molar-refractivity contribution is 5.97. The molecule has 0 aliphatic heterocycles. The van der Waals surface area contributed by atoms with Crippen molar-refractivity contribution in [2.24, 2.45) is 5.92 Å². The summed E-state index contributed by atoms with van der Waals surface area (Å²) in [5.41, 5.74) is 2.65. The smallest absolute Gasteiger partial charge is 0.328 e. The Morgan fingerprint density at radius 2 is 1.58 bits per heavy atom. The number of hydrogen-bond donors (Lipinski definition) is 1. The summed E-state index contributed by atoms with van der Waals surface area (Å²) in [6.07, 6.45) is 0.771. The number of carbonyl (C=O) groups is 2. The fourth-order valence-corrected chi connectivity index (χ4v) is 2.47. The van der Waals surface area contributed by atoms with Gasteiger partial charge >= 0.3 is 5.97 Å². The van der Waals surface area contributed by atoms with E-state index in [0.29, 0.717) is 5.56 Å². The fourth-order valence-electron chi connectivity index (χ4n) is 2.47. The summed E-state index contributed by atoms with van der Waals surface area (Å²) in [5.74, 6) is -0.686. The molecule has 0 heterocycles. The van der Waals surface area contributed by atoms with Gasteiger partial charge < -0.3 is 10.1 Å². The van der Waals surface area contributed by atoms with E-state index >= 15 is 0 Å². The molecule has 0 saturated carbocycles. The fraction of sp³-hybridized carbons (Fsp3) is 0.300. The van der Waals surface area contributed by atoms with E-state index < -0.39 is 12.0 Å². The van der Waals surface area contributed by atoms with Crippen LogP contribution in [-0.4, -0.2) is 25.0 Å². The van der Waals surface area contributed by atoms with Crippen LogP contribution in [0.5, 0.6) is 0 Å². The first kappa shape index (κ1) is 17.7. The maximum absolute atomic E-state index is 12.4. The van der Waals surface area contributed by atoms with Gasteiger partial charge in [-0.2, -0.15) is 0 Å². The molecule has 24 heavy (non-hydrogen) atoms. The van der Waals surface area contributed by atoms with Crippen LogP contribution >= 0.6 is 0 Å². The summed E-state index contributed by atoms with van der Waals surface area (Å²) in [6.45, 7) is 3.89. The van der Waals surface area contributed by atoms with Crippen LogP contribution < -0.4 is 5.32 Å². The average molecular weight is 325 g/mol. The standard InChI is InChI=1S/C20H23NO3/c1-4-14(2)18(20(23)24-3)21-19(22)17-12-10-16(11-13-17)15-8-6-5-7-9-15/h5-14,18H,4H2,1-3H3,(H,21,22)/t14-,18+/m1/s1. The lowest BCUT2D eigenvalue weighted by Crippen LogP contribution is -2.45. The summed E-state index contributed by atoms with van der Waals surface area (Å²) < 4.78 is 4.80. The average Bonchev–Trinajstić information content (AvgIpc) is 2.65. The van der Waals surface area contributed by atoms with Gasteiger partial charge in [0.15, 0.2) is 0 Å². The molecule has 1 amide bonds. The van der Waals surface area contributed by atoms with Gasteiger partial charge in [0.05, 0.1) is 7.11 Å². The number of esters is 1. The Morgan fingerprint density at radius 1 is 1.00 bits per heavy atom. The number of hydrogen-bond acceptors (Lipinski definition) is 3. The first-order valence-electron chi connectivity index (χ1n) is 8.11. The second-order valence-corrected chi connectivity index (χ2v) is 5.80. The van der Waals surface area contributed by atoms with E-state index in [2.05, 4.69) is 5.32 Å². The molecule has 0 bridgehead atoms. The van der Waals surface area contributed by atoms with Crippen molar-refractivity contribution >= 4 is 11.9 Å². The van der Waals surface area contributed by atoms with Crippen molar-refractivity contribution < 1.29 is 14.3 Å². The molecule has 4 heteroatoms. The van der Waals surface area contributed by atoms with E-state index in [0.717, 1.165) is 17.5 Å². The molecule has 0 spiro atoms. The lowest BCUT2D eigenvalue weighted by molar-refractivity contribution is -0.144. The van der Waals surface area contributed by atoms with Gasteiger partial charge in [0.25, 0.3) is 5.91 Å². The first-order valence-corrected chi connectivity index (χ1v) is 8.11. The monoisotopic (exact) mass is 325 g/mol. The maximum Gasteiger partial charge on any atom is 0.328 e. The van der Waals surface area contributed by atoms with Crippen LogP contribution in [0.3, 0.4) is 0 Å². The maximum atomic E-state index is 12.4. The highest BCUT2D eigenvalue weighted by atomic mass is 16.5. The van der Waals surface area contributed by atoms with Gasteiger partial charge in [0, 0.05) is 5.56 Å². The second kappa shape index (κ2) is 8.29. The molecule has 0 aliphatic carbocycles. The van der Waals surface area contributed by atoms with Crippen molar-refractivity contribution in [1.29, 1.82) is 0 Å². The van der Waals surface area contributed by atoms with Gasteiger partial charge in [-0.3, -0.25) is 4.79 Å². The molecule has 2 aromatic rings. The molecule has 1 N–H and O–H groups in total. The first-order chi connectivity index (χ1) is 11.6. The predicted octanol–water partition coefficient (Wildman–Crippen LogP) is 3.67. The zero-order valence-corrected chi connectivity index (χ0v) is 14.3. The third-order valence-electron chi connectivity index (χ3n) is 4.21. The van der Waals surface area contributed by atoms with Crippen LogP contribution in [0.15, 0.2) is 54.6 Å². The zero-order chi connectivity index (χ0) is 17.5. The number of ether oxygens (including phenoxy) is 1. The summed E-state index contributed by atoms with van der Waals surface area (Å²) in [5, 5.41) is 2.78. The molecule has 2 aromatic carbocycles.